The molecule has 0 aliphatic carbocycles. The molecule has 0 aliphatic heterocycles. The van der Waals surface area contributed by atoms with E-state index in [1.165, 1.54) is 6.07 Å². The minimum absolute atomic E-state index is 0.0221. The quantitative estimate of drug-likeness (QED) is 0.599. The SMILES string of the molecule is Cc1ccc(S(=O)(=O)c2cc(Cl)ccc2NCC(=O)NCc2cccnc2)cc1. The molecular weight excluding hydrogens is 410 g/mol. The first-order chi connectivity index (χ1) is 13.9. The van der Waals surface area contributed by atoms with Crippen molar-refractivity contribution in [3.05, 3.63) is 83.1 Å². The Balaban J connectivity index is 1.75. The lowest BCUT2D eigenvalue weighted by molar-refractivity contribution is -0.119. The molecular formula is C21H20ClN3O3S. The molecule has 1 heterocycles. The molecule has 0 fully saturated rings. The van der Waals surface area contributed by atoms with E-state index >= 15 is 0 Å². The minimum Gasteiger partial charge on any atom is -0.375 e. The zero-order valence-corrected chi connectivity index (χ0v) is 17.3. The molecule has 8 heteroatoms. The zero-order chi connectivity index (χ0) is 20.9. The molecule has 29 heavy (non-hydrogen) atoms. The zero-order valence-electron chi connectivity index (χ0n) is 15.7. The number of hydrogen-bond acceptors (Lipinski definition) is 5. The Hall–Kier alpha value is -2.90. The van der Waals surface area contributed by atoms with Gasteiger partial charge in [-0.25, -0.2) is 8.42 Å². The maximum absolute atomic E-state index is 13.1. The number of pyridine rings is 1. The van der Waals surface area contributed by atoms with Crippen molar-refractivity contribution in [3.8, 4) is 0 Å². The van der Waals surface area contributed by atoms with Crippen LogP contribution in [0.1, 0.15) is 11.1 Å². The summed E-state index contributed by atoms with van der Waals surface area (Å²) in [4.78, 5) is 16.3. The molecule has 6 nitrogen and oxygen atoms in total. The van der Waals surface area contributed by atoms with E-state index in [2.05, 4.69) is 15.6 Å². The predicted octanol–water partition coefficient (Wildman–Crippen LogP) is 3.60. The number of sulfone groups is 1. The largest absolute Gasteiger partial charge is 0.375 e. The summed E-state index contributed by atoms with van der Waals surface area (Å²) < 4.78 is 26.1. The highest BCUT2D eigenvalue weighted by atomic mass is 35.5. The van der Waals surface area contributed by atoms with Gasteiger partial charge in [0.05, 0.1) is 22.0 Å². The van der Waals surface area contributed by atoms with Crippen LogP contribution < -0.4 is 10.6 Å². The van der Waals surface area contributed by atoms with Crippen molar-refractivity contribution in [3.63, 3.8) is 0 Å². The van der Waals surface area contributed by atoms with Crippen molar-refractivity contribution in [1.29, 1.82) is 0 Å². The lowest BCUT2D eigenvalue weighted by atomic mass is 10.2. The van der Waals surface area contributed by atoms with Gasteiger partial charge in [0, 0.05) is 24.0 Å². The van der Waals surface area contributed by atoms with Gasteiger partial charge >= 0.3 is 0 Å². The Kier molecular flexibility index (Phi) is 6.51. The van der Waals surface area contributed by atoms with Crippen LogP contribution in [0, 0.1) is 6.92 Å². The molecule has 3 rings (SSSR count). The first kappa shape index (κ1) is 20.8. The molecule has 1 amide bonds. The van der Waals surface area contributed by atoms with Gasteiger partial charge < -0.3 is 10.6 Å². The van der Waals surface area contributed by atoms with Gasteiger partial charge in [0.2, 0.25) is 15.7 Å². The average Bonchev–Trinajstić information content (AvgIpc) is 2.72. The Morgan fingerprint density at radius 2 is 1.86 bits per heavy atom. The number of benzene rings is 2. The van der Waals surface area contributed by atoms with Crippen molar-refractivity contribution >= 4 is 33.0 Å². The summed E-state index contributed by atoms with van der Waals surface area (Å²) in [6, 6.07) is 14.7. The van der Waals surface area contributed by atoms with E-state index < -0.39 is 9.84 Å². The molecule has 0 saturated carbocycles. The second kappa shape index (κ2) is 9.07. The summed E-state index contributed by atoms with van der Waals surface area (Å²) in [5, 5.41) is 5.95. The molecule has 0 saturated heterocycles. The Labute approximate surface area is 174 Å². The fraction of sp³-hybridized carbons (Fsp3) is 0.143. The van der Waals surface area contributed by atoms with Crippen molar-refractivity contribution in [2.45, 2.75) is 23.3 Å². The van der Waals surface area contributed by atoms with Crippen LogP contribution in [0.25, 0.3) is 0 Å². The maximum atomic E-state index is 13.1. The van der Waals surface area contributed by atoms with Gasteiger partial charge in [0.15, 0.2) is 0 Å². The molecule has 0 atom stereocenters. The molecule has 1 aromatic heterocycles. The van der Waals surface area contributed by atoms with E-state index in [1.54, 1.807) is 54.9 Å². The van der Waals surface area contributed by atoms with E-state index in [1.807, 2.05) is 13.0 Å². The Morgan fingerprint density at radius 3 is 2.55 bits per heavy atom. The number of nitrogens with zero attached hydrogens (tertiary/aromatic N) is 1. The van der Waals surface area contributed by atoms with Gasteiger partial charge in [-0.2, -0.15) is 0 Å². The van der Waals surface area contributed by atoms with Crippen LogP contribution in [0.15, 0.2) is 76.8 Å². The van der Waals surface area contributed by atoms with E-state index in [-0.39, 0.29) is 22.2 Å². The van der Waals surface area contributed by atoms with Gasteiger partial charge in [-0.3, -0.25) is 9.78 Å². The number of halogens is 1. The third-order valence-corrected chi connectivity index (χ3v) is 6.26. The van der Waals surface area contributed by atoms with Gasteiger partial charge in [-0.05, 0) is 48.9 Å². The minimum atomic E-state index is -3.80. The number of carbonyl (C=O) groups is 1. The van der Waals surface area contributed by atoms with Crippen molar-refractivity contribution in [1.82, 2.24) is 10.3 Å². The molecule has 0 bridgehead atoms. The average molecular weight is 430 g/mol. The molecule has 0 unspecified atom stereocenters. The van der Waals surface area contributed by atoms with Crippen LogP contribution in [-0.2, 0) is 21.2 Å². The van der Waals surface area contributed by atoms with Crippen LogP contribution >= 0.6 is 11.6 Å². The predicted molar refractivity (Wildman–Crippen MR) is 113 cm³/mol. The summed E-state index contributed by atoms with van der Waals surface area (Å²) >= 11 is 6.04. The number of amides is 1. The summed E-state index contributed by atoms with van der Waals surface area (Å²) in [5.74, 6) is -0.275. The number of aromatic nitrogens is 1. The molecule has 2 N–H and O–H groups in total. The van der Waals surface area contributed by atoms with Gasteiger partial charge in [0.1, 0.15) is 0 Å². The highest BCUT2D eigenvalue weighted by Crippen LogP contribution is 2.30. The highest BCUT2D eigenvalue weighted by Gasteiger charge is 2.22. The van der Waals surface area contributed by atoms with E-state index in [9.17, 15) is 13.2 Å². The monoisotopic (exact) mass is 429 g/mol. The first-order valence-electron chi connectivity index (χ1n) is 8.87. The van der Waals surface area contributed by atoms with E-state index in [0.29, 0.717) is 17.3 Å². The summed E-state index contributed by atoms with van der Waals surface area (Å²) in [7, 11) is -3.80. The number of carbonyl (C=O) groups excluding carboxylic acids is 1. The third kappa shape index (κ3) is 5.34. The summed E-state index contributed by atoms with van der Waals surface area (Å²) in [5.41, 5.74) is 2.14. The van der Waals surface area contributed by atoms with E-state index in [4.69, 9.17) is 11.6 Å². The van der Waals surface area contributed by atoms with Crippen LogP contribution in [0.4, 0.5) is 5.69 Å². The van der Waals surface area contributed by atoms with Gasteiger partial charge in [-0.15, -0.1) is 0 Å². The molecule has 2 aromatic carbocycles. The second-order valence-corrected chi connectivity index (χ2v) is 8.80. The summed E-state index contributed by atoms with van der Waals surface area (Å²) in [6.45, 7) is 2.13. The van der Waals surface area contributed by atoms with Crippen molar-refractivity contribution in [2.75, 3.05) is 11.9 Å². The summed E-state index contributed by atoms with van der Waals surface area (Å²) in [6.07, 6.45) is 3.32. The first-order valence-corrected chi connectivity index (χ1v) is 10.7. The second-order valence-electron chi connectivity index (χ2n) is 6.45. The molecule has 0 radical (unpaired) electrons. The number of hydrogen-bond donors (Lipinski definition) is 2. The maximum Gasteiger partial charge on any atom is 0.239 e. The fourth-order valence-electron chi connectivity index (χ4n) is 2.65. The van der Waals surface area contributed by atoms with Gasteiger partial charge in [-0.1, -0.05) is 35.4 Å². The van der Waals surface area contributed by atoms with Crippen LogP contribution in [0.5, 0.6) is 0 Å². The van der Waals surface area contributed by atoms with Crippen LogP contribution in [0.2, 0.25) is 5.02 Å². The number of aryl methyl sites for hydroxylation is 1. The number of rotatable bonds is 7. The van der Waals surface area contributed by atoms with E-state index in [0.717, 1.165) is 11.1 Å². The van der Waals surface area contributed by atoms with Crippen molar-refractivity contribution < 1.29 is 13.2 Å². The Morgan fingerprint density at radius 1 is 1.10 bits per heavy atom. The standard InChI is InChI=1S/C21H20ClN3O3S/c1-15-4-7-18(8-5-15)29(27,28)20-11-17(22)6-9-19(20)24-14-21(26)25-13-16-3-2-10-23-12-16/h2-12,24H,13-14H2,1H3,(H,25,26). The van der Waals surface area contributed by atoms with Crippen LogP contribution in [0.3, 0.4) is 0 Å². The number of anilines is 1. The fourth-order valence-corrected chi connectivity index (χ4v) is 4.35. The molecule has 3 aromatic rings. The molecule has 150 valence electrons. The topological polar surface area (TPSA) is 88.2 Å². The highest BCUT2D eigenvalue weighted by molar-refractivity contribution is 7.91. The van der Waals surface area contributed by atoms with Gasteiger partial charge in [0.25, 0.3) is 0 Å². The lowest BCUT2D eigenvalue weighted by Crippen LogP contribution is -2.29. The number of nitrogens with one attached hydrogen (secondary N) is 2. The van der Waals surface area contributed by atoms with Crippen LogP contribution in [-0.4, -0.2) is 25.9 Å². The normalized spacial score (nSPS) is 11.1. The molecule has 0 spiro atoms. The third-order valence-electron chi connectivity index (χ3n) is 4.22. The Bertz CT molecular complexity index is 1100. The molecule has 0 aliphatic rings. The smallest absolute Gasteiger partial charge is 0.239 e. The van der Waals surface area contributed by atoms with Crippen molar-refractivity contribution in [2.24, 2.45) is 0 Å². The lowest BCUT2D eigenvalue weighted by Gasteiger charge is -2.13.